The van der Waals surface area contributed by atoms with Crippen molar-refractivity contribution in [1.29, 1.82) is 0 Å². The maximum atomic E-state index is 11.1. The molecule has 0 radical (unpaired) electrons. The Balaban J connectivity index is 2.76. The van der Waals surface area contributed by atoms with Gasteiger partial charge in [-0.2, -0.15) is 0 Å². The number of amides is 1. The second-order valence-electron chi connectivity index (χ2n) is 4.44. The molecule has 1 aliphatic rings. The summed E-state index contributed by atoms with van der Waals surface area (Å²) >= 11 is 0. The summed E-state index contributed by atoms with van der Waals surface area (Å²) < 4.78 is 10.2. The Labute approximate surface area is 115 Å². The first-order chi connectivity index (χ1) is 9.36. The second-order valence-corrected chi connectivity index (χ2v) is 4.44. The summed E-state index contributed by atoms with van der Waals surface area (Å²) in [5.74, 6) is -1.55. The molecular weight excluding hydrogens is 274 g/mol. The van der Waals surface area contributed by atoms with E-state index in [1.807, 2.05) is 0 Å². The molecule has 0 saturated carbocycles. The predicted octanol–water partition coefficient (Wildman–Crippen LogP) is -2.58. The van der Waals surface area contributed by atoms with Gasteiger partial charge >= 0.3 is 5.97 Å². The van der Waals surface area contributed by atoms with Crippen molar-refractivity contribution in [3.05, 3.63) is 0 Å². The number of hydrogen-bond acceptors (Lipinski definition) is 7. The fourth-order valence-corrected chi connectivity index (χ4v) is 1.95. The van der Waals surface area contributed by atoms with Gasteiger partial charge in [-0.1, -0.05) is 0 Å². The summed E-state index contributed by atoms with van der Waals surface area (Å²) in [6.07, 6.45) is -5.25. The van der Waals surface area contributed by atoms with Crippen molar-refractivity contribution in [3.63, 3.8) is 0 Å². The molecule has 1 heterocycles. The average molecular weight is 293 g/mol. The van der Waals surface area contributed by atoms with E-state index in [2.05, 4.69) is 5.32 Å². The van der Waals surface area contributed by atoms with Crippen LogP contribution in [-0.2, 0) is 19.1 Å². The highest BCUT2D eigenvalue weighted by Gasteiger charge is 2.45. The van der Waals surface area contributed by atoms with Crippen LogP contribution in [0.25, 0.3) is 0 Å². The third-order valence-corrected chi connectivity index (χ3v) is 2.87. The zero-order valence-corrected chi connectivity index (χ0v) is 10.9. The maximum Gasteiger partial charge on any atom is 0.305 e. The van der Waals surface area contributed by atoms with E-state index >= 15 is 0 Å². The topological polar surface area (TPSA) is 146 Å². The molecule has 9 nitrogen and oxygen atoms in total. The van der Waals surface area contributed by atoms with Crippen LogP contribution in [0.2, 0.25) is 0 Å². The molecular formula is C11H19NO8. The molecule has 116 valence electrons. The summed E-state index contributed by atoms with van der Waals surface area (Å²) in [4.78, 5) is 21.5. The van der Waals surface area contributed by atoms with E-state index in [0.717, 1.165) is 0 Å². The average Bonchev–Trinajstić information content (AvgIpc) is 2.36. The zero-order chi connectivity index (χ0) is 15.3. The minimum atomic E-state index is -1.48. The summed E-state index contributed by atoms with van der Waals surface area (Å²) in [7, 11) is 0. The van der Waals surface area contributed by atoms with Gasteiger partial charge in [0.05, 0.1) is 19.6 Å². The lowest BCUT2D eigenvalue weighted by molar-refractivity contribution is -0.262. The Morgan fingerprint density at radius 2 is 2.00 bits per heavy atom. The highest BCUT2D eigenvalue weighted by Crippen LogP contribution is 2.22. The minimum absolute atomic E-state index is 0.210. The number of aliphatic carboxylic acids is 1. The SMILES string of the molecule is CC(=O)N[C@H]1[C@@H](OCCC(=O)O)[C@H](O)[C@@H](CO)O[C@H]1O. The largest absolute Gasteiger partial charge is 0.481 e. The molecule has 0 bridgehead atoms. The van der Waals surface area contributed by atoms with Gasteiger partial charge in [0.1, 0.15) is 24.4 Å². The number of aliphatic hydroxyl groups excluding tert-OH is 3. The number of ether oxygens (including phenoxy) is 2. The third-order valence-electron chi connectivity index (χ3n) is 2.87. The fourth-order valence-electron chi connectivity index (χ4n) is 1.95. The number of carbonyl (C=O) groups is 2. The molecule has 1 rings (SSSR count). The quantitative estimate of drug-likeness (QED) is 0.359. The van der Waals surface area contributed by atoms with E-state index in [-0.39, 0.29) is 13.0 Å². The Hall–Kier alpha value is -1.26. The molecule has 9 heteroatoms. The summed E-state index contributed by atoms with van der Waals surface area (Å²) in [6, 6.07) is -1.06. The van der Waals surface area contributed by atoms with Crippen molar-refractivity contribution in [1.82, 2.24) is 5.32 Å². The molecule has 1 amide bonds. The number of carboxylic acids is 1. The number of rotatable bonds is 6. The van der Waals surface area contributed by atoms with Crippen LogP contribution in [0.5, 0.6) is 0 Å². The molecule has 5 N–H and O–H groups in total. The van der Waals surface area contributed by atoms with Crippen molar-refractivity contribution in [2.24, 2.45) is 0 Å². The van der Waals surface area contributed by atoms with Gasteiger partial charge in [0.15, 0.2) is 6.29 Å². The highest BCUT2D eigenvalue weighted by molar-refractivity contribution is 5.73. The Morgan fingerprint density at radius 1 is 1.35 bits per heavy atom. The monoisotopic (exact) mass is 293 g/mol. The molecule has 0 aromatic heterocycles. The third kappa shape index (κ3) is 4.39. The van der Waals surface area contributed by atoms with Crippen LogP contribution in [-0.4, -0.2) is 76.2 Å². The second kappa shape index (κ2) is 7.50. The predicted molar refractivity (Wildman–Crippen MR) is 63.6 cm³/mol. The molecule has 1 saturated heterocycles. The number of hydrogen-bond donors (Lipinski definition) is 5. The Kier molecular flexibility index (Phi) is 6.30. The van der Waals surface area contributed by atoms with Crippen LogP contribution in [0.4, 0.5) is 0 Å². The first-order valence-electron chi connectivity index (χ1n) is 6.09. The van der Waals surface area contributed by atoms with E-state index < -0.39 is 49.1 Å². The maximum absolute atomic E-state index is 11.1. The molecule has 0 aromatic rings. The van der Waals surface area contributed by atoms with Crippen LogP contribution < -0.4 is 5.32 Å². The first kappa shape index (κ1) is 16.8. The van der Waals surface area contributed by atoms with E-state index in [4.69, 9.17) is 19.7 Å². The van der Waals surface area contributed by atoms with Gasteiger partial charge < -0.3 is 35.2 Å². The summed E-state index contributed by atoms with van der Waals surface area (Å²) in [6.45, 7) is 0.452. The van der Waals surface area contributed by atoms with E-state index in [0.29, 0.717) is 0 Å². The zero-order valence-electron chi connectivity index (χ0n) is 10.9. The summed E-state index contributed by atoms with van der Waals surface area (Å²) in [5, 5.41) is 39.7. The van der Waals surface area contributed by atoms with Crippen LogP contribution in [0, 0.1) is 0 Å². The normalized spacial score (nSPS) is 33.7. The number of carboxylic acid groups (broad SMARTS) is 1. The lowest BCUT2D eigenvalue weighted by Crippen LogP contribution is -2.64. The molecule has 1 aliphatic heterocycles. The Morgan fingerprint density at radius 3 is 2.50 bits per heavy atom. The van der Waals surface area contributed by atoms with E-state index in [1.165, 1.54) is 6.92 Å². The molecule has 5 atom stereocenters. The fraction of sp³-hybridized carbons (Fsp3) is 0.818. The number of aliphatic hydroxyl groups is 3. The lowest BCUT2D eigenvalue weighted by atomic mass is 9.96. The number of nitrogens with one attached hydrogen (secondary N) is 1. The highest BCUT2D eigenvalue weighted by atomic mass is 16.6. The van der Waals surface area contributed by atoms with E-state index in [1.54, 1.807) is 0 Å². The molecule has 1 fully saturated rings. The van der Waals surface area contributed by atoms with Crippen molar-refractivity contribution < 1.29 is 39.5 Å². The molecule has 0 spiro atoms. The molecule has 0 unspecified atom stereocenters. The lowest BCUT2D eigenvalue weighted by Gasteiger charge is -2.42. The first-order valence-corrected chi connectivity index (χ1v) is 6.09. The van der Waals surface area contributed by atoms with Crippen molar-refractivity contribution in [3.8, 4) is 0 Å². The molecule has 0 aromatic carbocycles. The van der Waals surface area contributed by atoms with Crippen molar-refractivity contribution in [2.75, 3.05) is 13.2 Å². The van der Waals surface area contributed by atoms with Crippen molar-refractivity contribution >= 4 is 11.9 Å². The molecule has 20 heavy (non-hydrogen) atoms. The van der Waals surface area contributed by atoms with Gasteiger partial charge in [0.25, 0.3) is 0 Å². The van der Waals surface area contributed by atoms with Gasteiger partial charge in [0, 0.05) is 6.92 Å². The van der Waals surface area contributed by atoms with Crippen molar-refractivity contribution in [2.45, 2.75) is 44.0 Å². The minimum Gasteiger partial charge on any atom is -0.481 e. The van der Waals surface area contributed by atoms with E-state index in [9.17, 15) is 19.8 Å². The Bertz CT molecular complexity index is 349. The van der Waals surface area contributed by atoms with Gasteiger partial charge in [-0.05, 0) is 0 Å². The van der Waals surface area contributed by atoms with Crippen LogP contribution >= 0.6 is 0 Å². The van der Waals surface area contributed by atoms with Crippen LogP contribution in [0.15, 0.2) is 0 Å². The van der Waals surface area contributed by atoms with Crippen LogP contribution in [0.1, 0.15) is 13.3 Å². The smallest absolute Gasteiger partial charge is 0.305 e. The summed E-state index contributed by atoms with van der Waals surface area (Å²) in [5.41, 5.74) is 0. The van der Waals surface area contributed by atoms with Gasteiger partial charge in [-0.3, -0.25) is 9.59 Å². The standard InChI is InChI=1S/C11H19NO8/c1-5(14)12-8-10(19-3-2-7(15)16)9(17)6(4-13)20-11(8)18/h6,8-11,13,17-18H,2-4H2,1H3,(H,12,14)(H,15,16)/t6-,8+,9-,10-,11-/m1/s1. The number of carbonyl (C=O) groups excluding carboxylic acids is 1. The molecule has 0 aliphatic carbocycles. The van der Waals surface area contributed by atoms with Gasteiger partial charge in [-0.15, -0.1) is 0 Å². The van der Waals surface area contributed by atoms with Gasteiger partial charge in [0.2, 0.25) is 5.91 Å². The van der Waals surface area contributed by atoms with Crippen LogP contribution in [0.3, 0.4) is 0 Å². The van der Waals surface area contributed by atoms with Gasteiger partial charge in [-0.25, -0.2) is 0 Å².